The third kappa shape index (κ3) is 4.36. The van der Waals surface area contributed by atoms with E-state index in [1.807, 2.05) is 13.0 Å². The highest BCUT2D eigenvalue weighted by Gasteiger charge is 2.35. The van der Waals surface area contributed by atoms with Gasteiger partial charge in [0.25, 0.3) is 5.91 Å². The first-order valence-corrected chi connectivity index (χ1v) is 11.2. The quantitative estimate of drug-likeness (QED) is 0.772. The fourth-order valence-electron chi connectivity index (χ4n) is 4.97. The summed E-state index contributed by atoms with van der Waals surface area (Å²) in [6.45, 7) is 9.81. The van der Waals surface area contributed by atoms with Gasteiger partial charge in [0.2, 0.25) is 0 Å². The van der Waals surface area contributed by atoms with Gasteiger partial charge >= 0.3 is 0 Å². The van der Waals surface area contributed by atoms with Gasteiger partial charge in [0.1, 0.15) is 5.69 Å². The number of likely N-dealkylation sites (tertiary alicyclic amines) is 1. The average molecular weight is 408 g/mol. The largest absolute Gasteiger partial charge is 0.354 e. The van der Waals surface area contributed by atoms with E-state index >= 15 is 0 Å². The van der Waals surface area contributed by atoms with E-state index in [0.717, 1.165) is 48.4 Å². The molecule has 2 aromatic rings. The number of carbonyl (C=O) groups excluding carboxylic acids is 2. The van der Waals surface area contributed by atoms with Crippen LogP contribution in [0.1, 0.15) is 82.8 Å². The van der Waals surface area contributed by atoms with E-state index < -0.39 is 0 Å². The van der Waals surface area contributed by atoms with Crippen molar-refractivity contribution in [3.63, 3.8) is 0 Å². The highest BCUT2D eigenvalue weighted by Crippen LogP contribution is 2.36. The molecule has 1 amide bonds. The van der Waals surface area contributed by atoms with Crippen LogP contribution in [-0.4, -0.2) is 34.7 Å². The van der Waals surface area contributed by atoms with Crippen LogP contribution in [0.5, 0.6) is 0 Å². The number of aromatic nitrogens is 1. The van der Waals surface area contributed by atoms with Crippen LogP contribution in [0.2, 0.25) is 0 Å². The zero-order valence-electron chi connectivity index (χ0n) is 18.4. The van der Waals surface area contributed by atoms with Crippen LogP contribution in [0, 0.1) is 12.3 Å². The second-order valence-electron chi connectivity index (χ2n) is 9.71. The Balaban J connectivity index is 1.47. The minimum atomic E-state index is -0.139. The maximum Gasteiger partial charge on any atom is 0.268 e. The Morgan fingerprint density at radius 1 is 1.10 bits per heavy atom. The first kappa shape index (κ1) is 20.9. The van der Waals surface area contributed by atoms with Gasteiger partial charge in [0, 0.05) is 30.8 Å². The number of hydrogen-bond donors (Lipinski definition) is 2. The summed E-state index contributed by atoms with van der Waals surface area (Å²) in [6.07, 6.45) is 5.19. The topological polar surface area (TPSA) is 65.2 Å². The molecule has 1 aromatic carbocycles. The Bertz CT molecular complexity index is 951. The highest BCUT2D eigenvalue weighted by molar-refractivity contribution is 6.04. The molecule has 1 aromatic heterocycles. The Hall–Kier alpha value is -2.40. The molecule has 1 saturated heterocycles. The zero-order chi connectivity index (χ0) is 21.3. The van der Waals surface area contributed by atoms with Gasteiger partial charge in [-0.1, -0.05) is 44.5 Å². The minimum absolute atomic E-state index is 0.0669. The molecule has 5 heteroatoms. The summed E-state index contributed by atoms with van der Waals surface area (Å²) in [6, 6.07) is 8.36. The summed E-state index contributed by atoms with van der Waals surface area (Å²) in [4.78, 5) is 31.3. The predicted molar refractivity (Wildman–Crippen MR) is 119 cm³/mol. The summed E-state index contributed by atoms with van der Waals surface area (Å²) < 4.78 is 0. The fourth-order valence-corrected chi connectivity index (χ4v) is 4.97. The SMILES string of the molecule is Cc1c(C(=O)NCc2ccccc2CN2CCCCC2)[nH]c2c1C(=O)CC(C)(C)C2. The summed E-state index contributed by atoms with van der Waals surface area (Å²) in [7, 11) is 0. The van der Waals surface area contributed by atoms with E-state index in [0.29, 0.717) is 18.7 Å². The van der Waals surface area contributed by atoms with Gasteiger partial charge in [0.15, 0.2) is 5.78 Å². The number of benzene rings is 1. The predicted octanol–water partition coefficient (Wildman–Crippen LogP) is 4.39. The number of carbonyl (C=O) groups is 2. The van der Waals surface area contributed by atoms with Crippen molar-refractivity contribution >= 4 is 11.7 Å². The normalized spacial score (nSPS) is 18.8. The van der Waals surface area contributed by atoms with Crippen molar-refractivity contribution < 1.29 is 9.59 Å². The second kappa shape index (κ2) is 8.38. The molecule has 5 nitrogen and oxygen atoms in total. The minimum Gasteiger partial charge on any atom is -0.354 e. The standard InChI is InChI=1S/C25H33N3O2/c1-17-22-20(13-25(2,3)14-21(22)29)27-23(17)24(30)26-15-18-9-5-6-10-19(18)16-28-11-7-4-8-12-28/h5-6,9-10,27H,4,7-8,11-16H2,1-3H3,(H,26,30). The molecule has 2 heterocycles. The van der Waals surface area contributed by atoms with Gasteiger partial charge in [0.05, 0.1) is 0 Å². The van der Waals surface area contributed by atoms with Crippen LogP contribution < -0.4 is 5.32 Å². The zero-order valence-corrected chi connectivity index (χ0v) is 18.4. The van der Waals surface area contributed by atoms with E-state index in [1.165, 1.54) is 24.8 Å². The van der Waals surface area contributed by atoms with Gasteiger partial charge < -0.3 is 10.3 Å². The Labute approximate surface area is 179 Å². The first-order chi connectivity index (χ1) is 14.3. The molecular weight excluding hydrogens is 374 g/mol. The molecule has 4 rings (SSSR count). The first-order valence-electron chi connectivity index (χ1n) is 11.2. The monoisotopic (exact) mass is 407 g/mol. The number of aromatic amines is 1. The van der Waals surface area contributed by atoms with Crippen molar-refractivity contribution in [2.75, 3.05) is 13.1 Å². The van der Waals surface area contributed by atoms with Gasteiger partial charge in [-0.15, -0.1) is 0 Å². The Kier molecular flexibility index (Phi) is 5.83. The molecule has 2 aliphatic rings. The average Bonchev–Trinajstić information content (AvgIpc) is 3.03. The molecule has 0 unspecified atom stereocenters. The van der Waals surface area contributed by atoms with E-state index in [9.17, 15) is 9.59 Å². The van der Waals surface area contributed by atoms with E-state index in [2.05, 4.69) is 47.2 Å². The number of ketones is 1. The summed E-state index contributed by atoms with van der Waals surface area (Å²) >= 11 is 0. The van der Waals surface area contributed by atoms with Crippen molar-refractivity contribution in [2.45, 2.75) is 66.0 Å². The Morgan fingerprint density at radius 3 is 2.53 bits per heavy atom. The number of Topliss-reactive ketones (excluding diaryl/α,β-unsaturated/α-hetero) is 1. The number of fused-ring (bicyclic) bond motifs is 1. The van der Waals surface area contributed by atoms with Crippen molar-refractivity contribution in [1.82, 2.24) is 15.2 Å². The lowest BCUT2D eigenvalue weighted by Gasteiger charge is -2.28. The smallest absolute Gasteiger partial charge is 0.268 e. The number of hydrogen-bond acceptors (Lipinski definition) is 3. The fraction of sp³-hybridized carbons (Fsp3) is 0.520. The van der Waals surface area contributed by atoms with Crippen molar-refractivity contribution in [2.24, 2.45) is 5.41 Å². The lowest BCUT2D eigenvalue weighted by Crippen LogP contribution is -2.30. The molecule has 0 bridgehead atoms. The number of nitrogens with one attached hydrogen (secondary N) is 2. The van der Waals surface area contributed by atoms with Crippen LogP contribution in [0.4, 0.5) is 0 Å². The number of amides is 1. The molecule has 0 saturated carbocycles. The molecule has 0 radical (unpaired) electrons. The number of H-pyrrole nitrogens is 1. The third-order valence-electron chi connectivity index (χ3n) is 6.53. The molecule has 0 spiro atoms. The van der Waals surface area contributed by atoms with Crippen molar-refractivity contribution in [1.29, 1.82) is 0 Å². The van der Waals surface area contributed by atoms with Crippen molar-refractivity contribution in [3.8, 4) is 0 Å². The van der Waals surface area contributed by atoms with Crippen LogP contribution in [0.15, 0.2) is 24.3 Å². The lowest BCUT2D eigenvalue weighted by atomic mass is 9.75. The third-order valence-corrected chi connectivity index (χ3v) is 6.53. The van der Waals surface area contributed by atoms with E-state index in [1.54, 1.807) is 0 Å². The lowest BCUT2D eigenvalue weighted by molar-refractivity contribution is 0.0909. The number of nitrogens with zero attached hydrogens (tertiary/aromatic N) is 1. The van der Waals surface area contributed by atoms with E-state index in [4.69, 9.17) is 0 Å². The van der Waals surface area contributed by atoms with Crippen LogP contribution in [-0.2, 0) is 19.5 Å². The molecule has 30 heavy (non-hydrogen) atoms. The molecule has 1 aliphatic heterocycles. The molecule has 160 valence electrons. The van der Waals surface area contributed by atoms with Gasteiger partial charge in [-0.05, 0) is 61.4 Å². The summed E-state index contributed by atoms with van der Waals surface area (Å²) in [5.41, 5.74) is 5.31. The molecule has 1 fully saturated rings. The molecule has 1 aliphatic carbocycles. The van der Waals surface area contributed by atoms with Crippen LogP contribution in [0.3, 0.4) is 0 Å². The van der Waals surface area contributed by atoms with Gasteiger partial charge in [-0.3, -0.25) is 14.5 Å². The Morgan fingerprint density at radius 2 is 1.80 bits per heavy atom. The maximum atomic E-state index is 13.0. The maximum absolute atomic E-state index is 13.0. The molecule has 0 atom stereocenters. The summed E-state index contributed by atoms with van der Waals surface area (Å²) in [5, 5.41) is 3.08. The highest BCUT2D eigenvalue weighted by atomic mass is 16.2. The van der Waals surface area contributed by atoms with Crippen LogP contribution >= 0.6 is 0 Å². The van der Waals surface area contributed by atoms with Gasteiger partial charge in [-0.25, -0.2) is 0 Å². The van der Waals surface area contributed by atoms with Crippen LogP contribution in [0.25, 0.3) is 0 Å². The number of piperidine rings is 1. The van der Waals surface area contributed by atoms with Gasteiger partial charge in [-0.2, -0.15) is 0 Å². The molecule has 2 N–H and O–H groups in total. The summed E-state index contributed by atoms with van der Waals surface area (Å²) in [5.74, 6) is 0.00112. The number of rotatable bonds is 5. The second-order valence-corrected chi connectivity index (χ2v) is 9.71. The van der Waals surface area contributed by atoms with Crippen molar-refractivity contribution in [3.05, 3.63) is 57.9 Å². The molecular formula is C25H33N3O2. The van der Waals surface area contributed by atoms with E-state index in [-0.39, 0.29) is 17.1 Å².